The van der Waals surface area contributed by atoms with E-state index in [0.29, 0.717) is 5.56 Å². The monoisotopic (exact) mass is 218 g/mol. The van der Waals surface area contributed by atoms with E-state index in [1.54, 1.807) is 12.3 Å². The molecule has 0 aliphatic rings. The van der Waals surface area contributed by atoms with Gasteiger partial charge in [-0.05, 0) is 23.8 Å². The van der Waals surface area contributed by atoms with Crippen LogP contribution in [0.4, 0.5) is 0 Å². The molecule has 2 aromatic rings. The van der Waals surface area contributed by atoms with Crippen molar-refractivity contribution >= 4 is 10.9 Å². The van der Waals surface area contributed by atoms with Crippen LogP contribution in [0.3, 0.4) is 0 Å². The largest absolute Gasteiger partial charge is 0.395 e. The molecule has 0 aliphatic carbocycles. The maximum atomic E-state index is 9.84. The van der Waals surface area contributed by atoms with Gasteiger partial charge in [0.05, 0.1) is 24.3 Å². The first-order valence-corrected chi connectivity index (χ1v) is 5.11. The molecule has 0 bridgehead atoms. The van der Waals surface area contributed by atoms with Crippen LogP contribution in [-0.4, -0.2) is 27.8 Å². The highest BCUT2D eigenvalue weighted by Gasteiger charge is 2.15. The summed E-state index contributed by atoms with van der Waals surface area (Å²) in [6.07, 6.45) is 0.868. The number of fused-ring (bicyclic) bond motifs is 1. The van der Waals surface area contributed by atoms with Crippen molar-refractivity contribution in [1.29, 1.82) is 0 Å². The van der Waals surface area contributed by atoms with Crippen molar-refractivity contribution < 1.29 is 10.2 Å². The molecule has 1 aromatic carbocycles. The average Bonchev–Trinajstić information content (AvgIpc) is 2.36. The van der Waals surface area contributed by atoms with E-state index in [4.69, 9.17) is 10.8 Å². The van der Waals surface area contributed by atoms with Crippen LogP contribution >= 0.6 is 0 Å². The molecule has 4 heteroatoms. The number of nitrogens with zero attached hydrogens (tertiary/aromatic N) is 1. The fourth-order valence-corrected chi connectivity index (χ4v) is 1.63. The van der Waals surface area contributed by atoms with Crippen molar-refractivity contribution in [3.63, 3.8) is 0 Å². The molecule has 2 rings (SSSR count). The molecule has 0 aliphatic heterocycles. The number of rotatable bonds is 3. The second kappa shape index (κ2) is 4.57. The third-order valence-corrected chi connectivity index (χ3v) is 2.58. The van der Waals surface area contributed by atoms with Crippen molar-refractivity contribution in [2.24, 2.45) is 5.73 Å². The van der Waals surface area contributed by atoms with Crippen molar-refractivity contribution in [1.82, 2.24) is 4.98 Å². The highest BCUT2D eigenvalue weighted by molar-refractivity contribution is 5.79. The number of pyridine rings is 1. The summed E-state index contributed by atoms with van der Waals surface area (Å²) >= 11 is 0. The number of hydrogen-bond donors (Lipinski definition) is 3. The molecular formula is C12H14N2O2. The molecule has 0 fully saturated rings. The Balaban J connectivity index is 2.39. The fourth-order valence-electron chi connectivity index (χ4n) is 1.63. The van der Waals surface area contributed by atoms with Gasteiger partial charge in [-0.2, -0.15) is 0 Å². The standard InChI is InChI=1S/C12H14N2O2/c13-10(7-15)12(16)9-3-4-11-8(6-9)2-1-5-14-11/h1-6,10,12,15-16H,7,13H2. The minimum atomic E-state index is -0.852. The summed E-state index contributed by atoms with van der Waals surface area (Å²) in [5, 5.41) is 19.7. The zero-order valence-electron chi connectivity index (χ0n) is 8.74. The molecular weight excluding hydrogens is 204 g/mol. The third-order valence-electron chi connectivity index (χ3n) is 2.58. The lowest BCUT2D eigenvalue weighted by molar-refractivity contribution is 0.109. The Labute approximate surface area is 93.4 Å². The normalized spacial score (nSPS) is 14.9. The lowest BCUT2D eigenvalue weighted by Crippen LogP contribution is -2.31. The van der Waals surface area contributed by atoms with Gasteiger partial charge >= 0.3 is 0 Å². The summed E-state index contributed by atoms with van der Waals surface area (Å²) in [6, 6.07) is 8.54. The SMILES string of the molecule is NC(CO)C(O)c1ccc2ncccc2c1. The molecule has 1 heterocycles. The van der Waals surface area contributed by atoms with Gasteiger partial charge in [-0.15, -0.1) is 0 Å². The van der Waals surface area contributed by atoms with E-state index < -0.39 is 12.1 Å². The molecule has 1 aromatic heterocycles. The van der Waals surface area contributed by atoms with Crippen molar-refractivity contribution in [3.05, 3.63) is 42.1 Å². The van der Waals surface area contributed by atoms with Gasteiger partial charge in [-0.3, -0.25) is 4.98 Å². The summed E-state index contributed by atoms with van der Waals surface area (Å²) in [5.41, 5.74) is 7.14. The molecule has 0 radical (unpaired) electrons. The van der Waals surface area contributed by atoms with E-state index in [1.807, 2.05) is 24.3 Å². The van der Waals surface area contributed by atoms with Crippen LogP contribution in [-0.2, 0) is 0 Å². The van der Waals surface area contributed by atoms with E-state index in [-0.39, 0.29) is 6.61 Å². The minimum absolute atomic E-state index is 0.244. The quantitative estimate of drug-likeness (QED) is 0.704. The van der Waals surface area contributed by atoms with Gasteiger partial charge in [0.2, 0.25) is 0 Å². The van der Waals surface area contributed by atoms with Gasteiger partial charge in [0.1, 0.15) is 0 Å². The minimum Gasteiger partial charge on any atom is -0.395 e. The van der Waals surface area contributed by atoms with Crippen LogP contribution in [0.15, 0.2) is 36.5 Å². The predicted molar refractivity (Wildman–Crippen MR) is 61.8 cm³/mol. The second-order valence-corrected chi connectivity index (χ2v) is 3.75. The number of hydrogen-bond acceptors (Lipinski definition) is 4. The van der Waals surface area contributed by atoms with Gasteiger partial charge in [0.15, 0.2) is 0 Å². The zero-order chi connectivity index (χ0) is 11.5. The van der Waals surface area contributed by atoms with Gasteiger partial charge in [-0.1, -0.05) is 12.1 Å². The first-order valence-electron chi connectivity index (χ1n) is 5.11. The number of aromatic nitrogens is 1. The van der Waals surface area contributed by atoms with Crippen LogP contribution < -0.4 is 5.73 Å². The first-order chi connectivity index (χ1) is 7.72. The average molecular weight is 218 g/mol. The third kappa shape index (κ3) is 2.04. The zero-order valence-corrected chi connectivity index (χ0v) is 8.74. The van der Waals surface area contributed by atoms with E-state index >= 15 is 0 Å². The summed E-state index contributed by atoms with van der Waals surface area (Å²) < 4.78 is 0. The van der Waals surface area contributed by atoms with Crippen molar-refractivity contribution in [3.8, 4) is 0 Å². The summed E-state index contributed by atoms with van der Waals surface area (Å²) in [5.74, 6) is 0. The number of nitrogens with two attached hydrogens (primary N) is 1. The maximum Gasteiger partial charge on any atom is 0.0963 e. The highest BCUT2D eigenvalue weighted by Crippen LogP contribution is 2.20. The molecule has 0 amide bonds. The molecule has 4 N–H and O–H groups in total. The Hall–Kier alpha value is -1.49. The van der Waals surface area contributed by atoms with Crippen LogP contribution in [0, 0.1) is 0 Å². The fraction of sp³-hybridized carbons (Fsp3) is 0.250. The molecule has 16 heavy (non-hydrogen) atoms. The van der Waals surface area contributed by atoms with E-state index in [0.717, 1.165) is 10.9 Å². The van der Waals surface area contributed by atoms with Crippen molar-refractivity contribution in [2.45, 2.75) is 12.1 Å². The van der Waals surface area contributed by atoms with Crippen LogP contribution in [0.25, 0.3) is 10.9 Å². The van der Waals surface area contributed by atoms with E-state index in [2.05, 4.69) is 4.98 Å². The Bertz CT molecular complexity index is 487. The second-order valence-electron chi connectivity index (χ2n) is 3.75. The molecule has 2 atom stereocenters. The highest BCUT2D eigenvalue weighted by atomic mass is 16.3. The summed E-state index contributed by atoms with van der Waals surface area (Å²) in [6.45, 7) is -0.244. The number of aliphatic hydroxyl groups is 2. The molecule has 4 nitrogen and oxygen atoms in total. The smallest absolute Gasteiger partial charge is 0.0963 e. The molecule has 84 valence electrons. The Morgan fingerprint density at radius 3 is 2.88 bits per heavy atom. The summed E-state index contributed by atoms with van der Waals surface area (Å²) in [7, 11) is 0. The molecule has 2 unspecified atom stereocenters. The number of aliphatic hydroxyl groups excluding tert-OH is 2. The lowest BCUT2D eigenvalue weighted by Gasteiger charge is -2.17. The van der Waals surface area contributed by atoms with Crippen LogP contribution in [0.2, 0.25) is 0 Å². The maximum absolute atomic E-state index is 9.84. The summed E-state index contributed by atoms with van der Waals surface area (Å²) in [4.78, 5) is 4.18. The number of benzene rings is 1. The predicted octanol–water partition coefficient (Wildman–Crippen LogP) is 0.588. The first kappa shape index (κ1) is 11.0. The van der Waals surface area contributed by atoms with Crippen molar-refractivity contribution in [2.75, 3.05) is 6.61 Å². The van der Waals surface area contributed by atoms with Crippen LogP contribution in [0.1, 0.15) is 11.7 Å². The molecule has 0 spiro atoms. The van der Waals surface area contributed by atoms with Crippen LogP contribution in [0.5, 0.6) is 0 Å². The van der Waals surface area contributed by atoms with Gasteiger partial charge < -0.3 is 15.9 Å². The Morgan fingerprint density at radius 2 is 2.12 bits per heavy atom. The molecule has 0 saturated heterocycles. The Morgan fingerprint density at radius 1 is 1.31 bits per heavy atom. The van der Waals surface area contributed by atoms with E-state index in [9.17, 15) is 5.11 Å². The molecule has 0 saturated carbocycles. The lowest BCUT2D eigenvalue weighted by atomic mass is 10.0. The van der Waals surface area contributed by atoms with Gasteiger partial charge in [0.25, 0.3) is 0 Å². The van der Waals surface area contributed by atoms with E-state index in [1.165, 1.54) is 0 Å². The topological polar surface area (TPSA) is 79.4 Å². The van der Waals surface area contributed by atoms with Gasteiger partial charge in [-0.25, -0.2) is 0 Å². The van der Waals surface area contributed by atoms with Gasteiger partial charge in [0, 0.05) is 11.6 Å². The Kier molecular flexibility index (Phi) is 3.14.